The number of phosphoric acid groups is 3. The van der Waals surface area contributed by atoms with E-state index in [0.717, 1.165) is 41.8 Å². The number of amides is 2. The summed E-state index contributed by atoms with van der Waals surface area (Å²) in [4.78, 5) is 87.7. The molecule has 28 heteroatoms. The third-order valence-corrected chi connectivity index (χ3v) is 12.2. The van der Waals surface area contributed by atoms with Crippen LogP contribution < -0.4 is 16.4 Å². The first kappa shape index (κ1) is 50.4. The van der Waals surface area contributed by atoms with Crippen LogP contribution in [-0.4, -0.2) is 123 Å². The molecule has 0 spiro atoms. The number of nitrogen functional groups attached to an aromatic ring is 1. The highest BCUT2D eigenvalue weighted by atomic mass is 32.2. The first-order valence-corrected chi connectivity index (χ1v) is 23.4. The van der Waals surface area contributed by atoms with E-state index >= 15 is 0 Å². The minimum atomic E-state index is -5.57. The largest absolute Gasteiger partial charge is 0.481 e. The number of phosphoric ester groups is 3. The Hall–Kier alpha value is -2.96. The molecule has 0 aliphatic carbocycles. The van der Waals surface area contributed by atoms with Crippen LogP contribution in [0.5, 0.6) is 0 Å². The summed E-state index contributed by atoms with van der Waals surface area (Å²) in [5, 5.41) is 26.4. The number of fused-ring (bicyclic) bond motifs is 1. The Bertz CT molecular complexity index is 1950. The van der Waals surface area contributed by atoms with E-state index in [1.807, 2.05) is 24.3 Å². The third-order valence-electron chi connectivity index (χ3n) is 8.12. The maximum Gasteiger partial charge on any atom is 0.481 e. The van der Waals surface area contributed by atoms with Crippen molar-refractivity contribution < 1.29 is 80.5 Å². The average molecular weight is 918 g/mol. The fourth-order valence-corrected chi connectivity index (χ4v) is 8.61. The fraction of sp³-hybridized carbons (Fsp3) is 0.613. The molecule has 0 radical (unpaired) electrons. The average Bonchev–Trinajstić information content (AvgIpc) is 3.71. The van der Waals surface area contributed by atoms with Crippen molar-refractivity contribution >= 4 is 69.1 Å². The van der Waals surface area contributed by atoms with E-state index in [-0.39, 0.29) is 41.6 Å². The molecule has 1 aliphatic heterocycles. The van der Waals surface area contributed by atoms with Crippen LogP contribution in [0.15, 0.2) is 37.0 Å². The zero-order chi connectivity index (χ0) is 44.0. The second-order valence-electron chi connectivity index (χ2n) is 13.5. The normalized spacial score (nSPS) is 21.4. The molecule has 7 atom stereocenters. The van der Waals surface area contributed by atoms with E-state index in [2.05, 4.69) is 41.3 Å². The number of imidazole rings is 1. The van der Waals surface area contributed by atoms with Crippen LogP contribution in [0, 0.1) is 5.41 Å². The van der Waals surface area contributed by atoms with Crippen LogP contribution in [0.25, 0.3) is 11.2 Å². The molecule has 332 valence electrons. The quantitative estimate of drug-likeness (QED) is 0.0385. The number of ether oxygens (including phenoxy) is 1. The van der Waals surface area contributed by atoms with Gasteiger partial charge in [-0.3, -0.25) is 32.5 Å². The molecule has 59 heavy (non-hydrogen) atoms. The Morgan fingerprint density at radius 3 is 2.37 bits per heavy atom. The van der Waals surface area contributed by atoms with Gasteiger partial charge in [0.2, 0.25) is 11.8 Å². The lowest BCUT2D eigenvalue weighted by atomic mass is 9.87. The predicted octanol–water partition coefficient (Wildman–Crippen LogP) is 1.36. The van der Waals surface area contributed by atoms with Gasteiger partial charge in [-0.15, -0.1) is 0 Å². The standard InChI is InChI=1S/C31H50N7O17P3S/c1-4-5-6-7-8-9-10-11-22(40)59-15-14-33-21(39)12-13-34-29(43)26(42)31(2,3)17-52-58(49,50)55-57(47,48)51-16-20-25(54-56(44,45)46)24(41)30(53-20)38-19-37-23-27(32)35-18-36-28(23)38/h6-9,18-20,24-26,30,41-42H,4-5,10-17H2,1-3H3,(H,33,39)(H,34,43)(H,47,48)(H,49,50)(H2,32,35,36)(H2,44,45,46)/b7-6+,9-8+. The lowest BCUT2D eigenvalue weighted by molar-refractivity contribution is -0.137. The molecular weight excluding hydrogens is 867 g/mol. The second-order valence-corrected chi connectivity index (χ2v) is 18.9. The summed E-state index contributed by atoms with van der Waals surface area (Å²) in [5.74, 6) is -1.10. The van der Waals surface area contributed by atoms with Crippen LogP contribution in [0.4, 0.5) is 5.82 Å². The molecular formula is C31H50N7O17P3S. The Kier molecular flexibility index (Phi) is 19.4. The topological polar surface area (TPSA) is 364 Å². The summed E-state index contributed by atoms with van der Waals surface area (Å²) in [7, 11) is -16.4. The highest BCUT2D eigenvalue weighted by molar-refractivity contribution is 8.13. The molecule has 1 fully saturated rings. The highest BCUT2D eigenvalue weighted by Gasteiger charge is 2.50. The zero-order valence-corrected chi connectivity index (χ0v) is 35.7. The van der Waals surface area contributed by atoms with E-state index in [0.29, 0.717) is 18.6 Å². The van der Waals surface area contributed by atoms with Crippen molar-refractivity contribution in [2.45, 2.75) is 83.5 Å². The van der Waals surface area contributed by atoms with Gasteiger partial charge in [-0.05, 0) is 12.8 Å². The molecule has 2 aromatic heterocycles. The van der Waals surface area contributed by atoms with Crippen molar-refractivity contribution in [1.29, 1.82) is 0 Å². The number of unbranched alkanes of at least 4 members (excludes halogenated alkanes) is 1. The summed E-state index contributed by atoms with van der Waals surface area (Å²) in [6, 6.07) is 0. The molecule has 0 bridgehead atoms. The van der Waals surface area contributed by atoms with Gasteiger partial charge in [0.25, 0.3) is 0 Å². The zero-order valence-electron chi connectivity index (χ0n) is 32.2. The first-order chi connectivity index (χ1) is 27.6. The number of aliphatic hydroxyl groups is 2. The number of carbonyl (C=O) groups is 3. The van der Waals surface area contributed by atoms with Gasteiger partial charge in [0, 0.05) is 37.1 Å². The number of nitrogens with one attached hydrogen (secondary N) is 2. The second kappa shape index (κ2) is 22.8. The number of hydrogen-bond acceptors (Lipinski definition) is 18. The maximum atomic E-state index is 12.7. The van der Waals surface area contributed by atoms with E-state index in [1.54, 1.807) is 0 Å². The van der Waals surface area contributed by atoms with Crippen molar-refractivity contribution in [2.24, 2.45) is 5.41 Å². The number of carbonyl (C=O) groups excluding carboxylic acids is 3. The summed E-state index contributed by atoms with van der Waals surface area (Å²) >= 11 is 1.09. The lowest BCUT2D eigenvalue weighted by Crippen LogP contribution is -2.46. The number of allylic oxidation sites excluding steroid dienone is 4. The molecule has 3 heterocycles. The van der Waals surface area contributed by atoms with Gasteiger partial charge in [0.15, 0.2) is 22.8 Å². The summed E-state index contributed by atoms with van der Waals surface area (Å²) < 4.78 is 62.2. The molecule has 1 saturated heterocycles. The number of nitrogens with zero attached hydrogens (tertiary/aromatic N) is 4. The molecule has 0 aromatic carbocycles. The first-order valence-electron chi connectivity index (χ1n) is 17.9. The monoisotopic (exact) mass is 917 g/mol. The molecule has 2 aromatic rings. The van der Waals surface area contributed by atoms with Crippen LogP contribution in [0.2, 0.25) is 0 Å². The molecule has 24 nitrogen and oxygen atoms in total. The van der Waals surface area contributed by atoms with E-state index in [1.165, 1.54) is 13.8 Å². The lowest BCUT2D eigenvalue weighted by Gasteiger charge is -2.30. The molecule has 1 aliphatic rings. The minimum Gasteiger partial charge on any atom is -0.386 e. The predicted molar refractivity (Wildman–Crippen MR) is 210 cm³/mol. The minimum absolute atomic E-state index is 0.0154. The van der Waals surface area contributed by atoms with Gasteiger partial charge in [-0.2, -0.15) is 4.31 Å². The summed E-state index contributed by atoms with van der Waals surface area (Å²) in [6.07, 6.45) is 3.89. The molecule has 10 N–H and O–H groups in total. The van der Waals surface area contributed by atoms with Crippen molar-refractivity contribution in [3.8, 4) is 0 Å². The Morgan fingerprint density at radius 2 is 1.69 bits per heavy atom. The number of aromatic nitrogens is 4. The van der Waals surface area contributed by atoms with Crippen molar-refractivity contribution in [3.05, 3.63) is 37.0 Å². The number of rotatable bonds is 25. The maximum absolute atomic E-state index is 12.7. The van der Waals surface area contributed by atoms with Crippen LogP contribution >= 0.6 is 35.2 Å². The van der Waals surface area contributed by atoms with Gasteiger partial charge >= 0.3 is 23.5 Å². The molecule has 0 saturated carbocycles. The summed E-state index contributed by atoms with van der Waals surface area (Å²) in [5.41, 5.74) is 4.26. The summed E-state index contributed by atoms with van der Waals surface area (Å²) in [6.45, 7) is 2.59. The van der Waals surface area contributed by atoms with Gasteiger partial charge < -0.3 is 50.9 Å². The van der Waals surface area contributed by atoms with Gasteiger partial charge in [0.1, 0.15) is 36.3 Å². The third kappa shape index (κ3) is 16.8. The van der Waals surface area contributed by atoms with E-state index in [4.69, 9.17) is 19.5 Å². The number of nitrogens with two attached hydrogens (primary N) is 1. The highest BCUT2D eigenvalue weighted by Crippen LogP contribution is 2.61. The van der Waals surface area contributed by atoms with Crippen molar-refractivity contribution in [1.82, 2.24) is 30.2 Å². The van der Waals surface area contributed by atoms with E-state index in [9.17, 15) is 57.9 Å². The number of thioether (sulfide) groups is 1. The van der Waals surface area contributed by atoms with Gasteiger partial charge in [0.05, 0.1) is 19.5 Å². The van der Waals surface area contributed by atoms with Crippen molar-refractivity contribution in [3.63, 3.8) is 0 Å². The smallest absolute Gasteiger partial charge is 0.386 e. The fourth-order valence-electron chi connectivity index (χ4n) is 5.08. The molecule has 2 amide bonds. The Morgan fingerprint density at radius 1 is 1.02 bits per heavy atom. The van der Waals surface area contributed by atoms with Gasteiger partial charge in [-0.1, -0.05) is 63.3 Å². The number of aliphatic hydroxyl groups excluding tert-OH is 2. The SMILES string of the molecule is CCC/C=C/C=C/CCC(=O)SCCNC(=O)CCNC(=O)C(O)C(C)(C)COP(=O)(O)OP(=O)(O)OCC1OC(n2cnc3c(N)ncnc32)C(O)C1OP(=O)(O)O. The number of anilines is 1. The molecule has 7 unspecified atom stereocenters. The van der Waals surface area contributed by atoms with Crippen molar-refractivity contribution in [2.75, 3.05) is 37.8 Å². The van der Waals surface area contributed by atoms with E-state index < -0.39 is 84.6 Å². The van der Waals surface area contributed by atoms with Crippen LogP contribution in [-0.2, 0) is 50.7 Å². The Balaban J connectivity index is 1.43. The Labute approximate surface area is 342 Å². The van der Waals surface area contributed by atoms with Gasteiger partial charge in [-0.25, -0.2) is 28.6 Å². The van der Waals surface area contributed by atoms with Crippen LogP contribution in [0.3, 0.4) is 0 Å². The van der Waals surface area contributed by atoms with Crippen LogP contribution in [0.1, 0.15) is 59.1 Å². The number of hydrogen-bond donors (Lipinski definition) is 9. The molecule has 3 rings (SSSR count).